The Balaban J connectivity index is 1.73. The standard InChI is InChI=1S/C16H25N5O3/c1-17-15(23)16(21-7-3-5-18-21)4-2-6-20(13-16)14(22)12-19-8-10-24-11-9-19/h3,5,7H,2,4,6,8-13H2,1H3,(H,17,23). The lowest BCUT2D eigenvalue weighted by molar-refractivity contribution is -0.142. The molecule has 0 spiro atoms. The van der Waals surface area contributed by atoms with Crippen LogP contribution in [0.2, 0.25) is 0 Å². The summed E-state index contributed by atoms with van der Waals surface area (Å²) in [6, 6.07) is 1.80. The van der Waals surface area contributed by atoms with E-state index >= 15 is 0 Å². The van der Waals surface area contributed by atoms with E-state index in [4.69, 9.17) is 4.74 Å². The molecule has 2 aliphatic heterocycles. The normalized spacial score (nSPS) is 25.5. The van der Waals surface area contributed by atoms with E-state index in [0.717, 1.165) is 19.5 Å². The maximum absolute atomic E-state index is 12.7. The Morgan fingerprint density at radius 2 is 2.08 bits per heavy atom. The minimum absolute atomic E-state index is 0.0667. The van der Waals surface area contributed by atoms with Crippen molar-refractivity contribution in [2.24, 2.45) is 0 Å². The van der Waals surface area contributed by atoms with E-state index in [1.807, 2.05) is 0 Å². The fraction of sp³-hybridized carbons (Fsp3) is 0.688. The molecule has 1 aromatic rings. The van der Waals surface area contributed by atoms with Crippen LogP contribution in [0.5, 0.6) is 0 Å². The van der Waals surface area contributed by atoms with Crippen LogP contribution in [-0.4, -0.2) is 84.4 Å². The minimum Gasteiger partial charge on any atom is -0.379 e. The first-order valence-electron chi connectivity index (χ1n) is 8.46. The molecule has 8 nitrogen and oxygen atoms in total. The van der Waals surface area contributed by atoms with Crippen molar-refractivity contribution in [3.63, 3.8) is 0 Å². The smallest absolute Gasteiger partial charge is 0.249 e. The highest BCUT2D eigenvalue weighted by Gasteiger charge is 2.45. The number of nitrogens with zero attached hydrogens (tertiary/aromatic N) is 4. The summed E-state index contributed by atoms with van der Waals surface area (Å²) >= 11 is 0. The number of nitrogens with one attached hydrogen (secondary N) is 1. The van der Waals surface area contributed by atoms with Gasteiger partial charge in [0.15, 0.2) is 5.54 Å². The average molecular weight is 335 g/mol. The number of carbonyl (C=O) groups excluding carboxylic acids is 2. The van der Waals surface area contributed by atoms with E-state index < -0.39 is 5.54 Å². The zero-order chi connectivity index (χ0) is 17.0. The Hall–Kier alpha value is -1.93. The number of likely N-dealkylation sites (tertiary alicyclic amines) is 1. The van der Waals surface area contributed by atoms with Gasteiger partial charge in [0, 0.05) is 39.1 Å². The van der Waals surface area contributed by atoms with Gasteiger partial charge in [-0.1, -0.05) is 0 Å². The number of rotatable bonds is 4. The van der Waals surface area contributed by atoms with Gasteiger partial charge in [-0.05, 0) is 18.9 Å². The summed E-state index contributed by atoms with van der Waals surface area (Å²) in [5.41, 5.74) is -0.822. The van der Waals surface area contributed by atoms with Crippen LogP contribution >= 0.6 is 0 Å². The topological polar surface area (TPSA) is 79.7 Å². The second-order valence-electron chi connectivity index (χ2n) is 6.37. The zero-order valence-corrected chi connectivity index (χ0v) is 14.1. The monoisotopic (exact) mass is 335 g/mol. The van der Waals surface area contributed by atoms with Crippen molar-refractivity contribution < 1.29 is 14.3 Å². The molecule has 0 saturated carbocycles. The van der Waals surface area contributed by atoms with Gasteiger partial charge in [0.25, 0.3) is 0 Å². The molecule has 2 aliphatic rings. The molecule has 3 heterocycles. The van der Waals surface area contributed by atoms with Crippen LogP contribution in [0.4, 0.5) is 0 Å². The molecule has 0 bridgehead atoms. The second kappa shape index (κ2) is 7.31. The van der Waals surface area contributed by atoms with E-state index in [-0.39, 0.29) is 11.8 Å². The first kappa shape index (κ1) is 16.9. The lowest BCUT2D eigenvalue weighted by Gasteiger charge is -2.42. The maximum Gasteiger partial charge on any atom is 0.249 e. The second-order valence-corrected chi connectivity index (χ2v) is 6.37. The van der Waals surface area contributed by atoms with Crippen LogP contribution in [0.15, 0.2) is 18.5 Å². The Bertz CT molecular complexity index is 570. The molecule has 2 amide bonds. The number of hydrogen-bond acceptors (Lipinski definition) is 5. The molecule has 0 aromatic carbocycles. The first-order chi connectivity index (χ1) is 11.7. The fourth-order valence-corrected chi connectivity index (χ4v) is 3.53. The molecular weight excluding hydrogens is 310 g/mol. The number of aromatic nitrogens is 2. The van der Waals surface area contributed by atoms with Crippen molar-refractivity contribution in [2.45, 2.75) is 18.4 Å². The summed E-state index contributed by atoms with van der Waals surface area (Å²) in [6.45, 7) is 4.32. The molecule has 1 aromatic heterocycles. The van der Waals surface area contributed by atoms with Crippen molar-refractivity contribution in [3.05, 3.63) is 18.5 Å². The SMILES string of the molecule is CNC(=O)C1(n2cccn2)CCCN(C(=O)CN2CCOCC2)C1. The fourth-order valence-electron chi connectivity index (χ4n) is 3.53. The number of likely N-dealkylation sites (N-methyl/N-ethyl adjacent to an activating group) is 1. The van der Waals surface area contributed by atoms with Gasteiger partial charge < -0.3 is 15.0 Å². The molecule has 1 atom stereocenters. The largest absolute Gasteiger partial charge is 0.379 e. The molecule has 1 unspecified atom stereocenters. The number of hydrogen-bond donors (Lipinski definition) is 1. The van der Waals surface area contributed by atoms with Gasteiger partial charge in [-0.3, -0.25) is 19.2 Å². The molecule has 1 N–H and O–H groups in total. The lowest BCUT2D eigenvalue weighted by Crippen LogP contribution is -2.60. The van der Waals surface area contributed by atoms with Gasteiger partial charge in [0.1, 0.15) is 0 Å². The summed E-state index contributed by atoms with van der Waals surface area (Å²) < 4.78 is 7.02. The van der Waals surface area contributed by atoms with E-state index in [2.05, 4.69) is 15.3 Å². The van der Waals surface area contributed by atoms with Gasteiger partial charge in [-0.15, -0.1) is 0 Å². The molecule has 0 aliphatic carbocycles. The highest BCUT2D eigenvalue weighted by Crippen LogP contribution is 2.29. The number of ether oxygens (including phenoxy) is 1. The summed E-state index contributed by atoms with van der Waals surface area (Å²) in [5, 5.41) is 7.02. The van der Waals surface area contributed by atoms with Crippen LogP contribution < -0.4 is 5.32 Å². The van der Waals surface area contributed by atoms with E-state index in [9.17, 15) is 9.59 Å². The first-order valence-corrected chi connectivity index (χ1v) is 8.46. The lowest BCUT2D eigenvalue weighted by atomic mass is 9.88. The van der Waals surface area contributed by atoms with E-state index in [1.54, 1.807) is 35.1 Å². The highest BCUT2D eigenvalue weighted by molar-refractivity contribution is 5.86. The van der Waals surface area contributed by atoms with E-state index in [1.165, 1.54) is 0 Å². The Kier molecular flexibility index (Phi) is 5.15. The minimum atomic E-state index is -0.822. The Morgan fingerprint density at radius 1 is 1.29 bits per heavy atom. The van der Waals surface area contributed by atoms with Crippen molar-refractivity contribution >= 4 is 11.8 Å². The molecule has 8 heteroatoms. The van der Waals surface area contributed by atoms with Crippen LogP contribution in [0.3, 0.4) is 0 Å². The number of morpholine rings is 1. The van der Waals surface area contributed by atoms with Gasteiger partial charge in [-0.2, -0.15) is 5.10 Å². The van der Waals surface area contributed by atoms with Crippen LogP contribution in [0.25, 0.3) is 0 Å². The third-order valence-corrected chi connectivity index (χ3v) is 4.88. The third kappa shape index (κ3) is 3.29. The molecule has 0 radical (unpaired) electrons. The van der Waals surface area contributed by atoms with Crippen molar-refractivity contribution in [1.29, 1.82) is 0 Å². The maximum atomic E-state index is 12.7. The van der Waals surface area contributed by atoms with Gasteiger partial charge in [0.05, 0.1) is 26.3 Å². The molecule has 132 valence electrons. The molecule has 2 fully saturated rings. The quantitative estimate of drug-likeness (QED) is 0.785. The Labute approximate surface area is 141 Å². The van der Waals surface area contributed by atoms with Crippen molar-refractivity contribution in [3.8, 4) is 0 Å². The third-order valence-electron chi connectivity index (χ3n) is 4.88. The van der Waals surface area contributed by atoms with Crippen molar-refractivity contribution in [1.82, 2.24) is 24.9 Å². The molecule has 3 rings (SSSR count). The van der Waals surface area contributed by atoms with Crippen molar-refractivity contribution in [2.75, 3.05) is 53.0 Å². The number of carbonyl (C=O) groups is 2. The predicted molar refractivity (Wildman–Crippen MR) is 87.3 cm³/mol. The molecule has 2 saturated heterocycles. The summed E-state index contributed by atoms with van der Waals surface area (Å²) in [5.74, 6) is -0.0351. The van der Waals surface area contributed by atoms with Crippen LogP contribution in [-0.2, 0) is 19.9 Å². The average Bonchev–Trinajstić information content (AvgIpc) is 3.17. The number of amides is 2. The van der Waals surface area contributed by atoms with Gasteiger partial charge >= 0.3 is 0 Å². The summed E-state index contributed by atoms with van der Waals surface area (Å²) in [4.78, 5) is 29.2. The summed E-state index contributed by atoms with van der Waals surface area (Å²) in [6.07, 6.45) is 4.92. The van der Waals surface area contributed by atoms with E-state index in [0.29, 0.717) is 39.3 Å². The van der Waals surface area contributed by atoms with Gasteiger partial charge in [0.2, 0.25) is 11.8 Å². The zero-order valence-electron chi connectivity index (χ0n) is 14.1. The summed E-state index contributed by atoms with van der Waals surface area (Å²) in [7, 11) is 1.63. The molecular formula is C16H25N5O3. The van der Waals surface area contributed by atoms with Crippen LogP contribution in [0, 0.1) is 0 Å². The Morgan fingerprint density at radius 3 is 2.75 bits per heavy atom. The molecule has 24 heavy (non-hydrogen) atoms. The number of piperidine rings is 1. The predicted octanol–water partition coefficient (Wildman–Crippen LogP) is -0.721. The highest BCUT2D eigenvalue weighted by atomic mass is 16.5. The van der Waals surface area contributed by atoms with Gasteiger partial charge in [-0.25, -0.2) is 0 Å². The van der Waals surface area contributed by atoms with Crippen LogP contribution in [0.1, 0.15) is 12.8 Å².